The highest BCUT2D eigenvalue weighted by Gasteiger charge is 2.16. The number of rotatable bonds is 9. The number of anilines is 2. The molecule has 0 aromatic heterocycles. The van der Waals surface area contributed by atoms with Crippen molar-refractivity contribution in [2.75, 3.05) is 16.4 Å². The number of thioether (sulfide) groups is 1. The third-order valence-corrected chi connectivity index (χ3v) is 7.32. The van der Waals surface area contributed by atoms with E-state index in [0.717, 1.165) is 25.3 Å². The predicted octanol–water partition coefficient (Wildman–Crippen LogP) is 6.74. The summed E-state index contributed by atoms with van der Waals surface area (Å²) >= 11 is 3.58. The molecule has 4 rings (SSSR count). The van der Waals surface area contributed by atoms with Gasteiger partial charge < -0.3 is 16.0 Å². The molecule has 0 saturated carbocycles. The van der Waals surface area contributed by atoms with Crippen LogP contribution in [0.2, 0.25) is 0 Å². The number of hydrogen-bond acceptors (Lipinski definition) is 4. The molecular formula is C31H26IN3O3S. The van der Waals surface area contributed by atoms with Crippen LogP contribution < -0.4 is 16.0 Å². The lowest BCUT2D eigenvalue weighted by Crippen LogP contribution is -2.30. The van der Waals surface area contributed by atoms with Gasteiger partial charge in [0, 0.05) is 25.4 Å². The largest absolute Gasteiger partial charge is 0.325 e. The second-order valence-electron chi connectivity index (χ2n) is 8.56. The molecule has 196 valence electrons. The van der Waals surface area contributed by atoms with Gasteiger partial charge in [-0.2, -0.15) is 0 Å². The van der Waals surface area contributed by atoms with Gasteiger partial charge in [0.2, 0.25) is 5.91 Å². The molecule has 4 aromatic carbocycles. The van der Waals surface area contributed by atoms with Crippen LogP contribution in [0, 0.1) is 10.5 Å². The van der Waals surface area contributed by atoms with Gasteiger partial charge in [0.25, 0.3) is 11.8 Å². The summed E-state index contributed by atoms with van der Waals surface area (Å²) in [4.78, 5) is 39.4. The lowest BCUT2D eigenvalue weighted by Gasteiger charge is -2.13. The molecule has 0 aliphatic heterocycles. The minimum Gasteiger partial charge on any atom is -0.325 e. The maximum absolute atomic E-state index is 13.3. The fourth-order valence-electron chi connectivity index (χ4n) is 3.59. The van der Waals surface area contributed by atoms with E-state index in [1.807, 2.05) is 73.7 Å². The highest BCUT2D eigenvalue weighted by molar-refractivity contribution is 14.1. The minimum atomic E-state index is -0.457. The van der Waals surface area contributed by atoms with Gasteiger partial charge in [-0.15, -0.1) is 11.8 Å². The quantitative estimate of drug-likeness (QED) is 0.107. The van der Waals surface area contributed by atoms with Crippen molar-refractivity contribution in [2.45, 2.75) is 11.8 Å². The van der Waals surface area contributed by atoms with Crippen molar-refractivity contribution >= 4 is 69.5 Å². The Morgan fingerprint density at radius 2 is 1.51 bits per heavy atom. The average Bonchev–Trinajstić information content (AvgIpc) is 2.94. The summed E-state index contributed by atoms with van der Waals surface area (Å²) in [5.41, 5.74) is 3.65. The summed E-state index contributed by atoms with van der Waals surface area (Å²) in [6, 6.07) is 31.2. The highest BCUT2D eigenvalue weighted by Crippen LogP contribution is 2.23. The third kappa shape index (κ3) is 8.56. The molecule has 39 heavy (non-hydrogen) atoms. The Labute approximate surface area is 245 Å². The lowest BCUT2D eigenvalue weighted by molar-refractivity contribution is -0.114. The third-order valence-electron chi connectivity index (χ3n) is 5.61. The predicted molar refractivity (Wildman–Crippen MR) is 167 cm³/mol. The molecule has 0 heterocycles. The SMILES string of the molecule is Cc1ccccc1/C=C(\NC(=O)c1ccccc1)C(=O)Nc1cccc(SCC(=O)Nc2ccc(I)cc2)c1. The van der Waals surface area contributed by atoms with Gasteiger partial charge in [0.05, 0.1) is 5.75 Å². The van der Waals surface area contributed by atoms with Crippen LogP contribution >= 0.6 is 34.4 Å². The monoisotopic (exact) mass is 647 g/mol. The lowest BCUT2D eigenvalue weighted by atomic mass is 10.1. The Balaban J connectivity index is 1.45. The number of hydrogen-bond donors (Lipinski definition) is 3. The standard InChI is InChI=1S/C31H26IN3O3S/c1-21-8-5-6-11-23(21)18-28(35-30(37)22-9-3-2-4-10-22)31(38)34-26-12-7-13-27(19-26)39-20-29(36)33-25-16-14-24(32)15-17-25/h2-19H,20H2,1H3,(H,33,36)(H,34,38)(H,35,37)/b28-18-. The fourth-order valence-corrected chi connectivity index (χ4v) is 4.70. The van der Waals surface area contributed by atoms with Crippen LogP contribution in [0.15, 0.2) is 114 Å². The minimum absolute atomic E-state index is 0.119. The molecule has 0 aliphatic carbocycles. The van der Waals surface area contributed by atoms with E-state index < -0.39 is 5.91 Å². The molecule has 3 amide bonds. The van der Waals surface area contributed by atoms with Crippen LogP contribution in [-0.2, 0) is 9.59 Å². The number of amides is 3. The van der Waals surface area contributed by atoms with E-state index >= 15 is 0 Å². The normalized spacial score (nSPS) is 11.0. The van der Waals surface area contributed by atoms with E-state index in [4.69, 9.17) is 0 Å². The molecule has 0 bridgehead atoms. The number of aryl methyl sites for hydroxylation is 1. The fraction of sp³-hybridized carbons (Fsp3) is 0.0645. The highest BCUT2D eigenvalue weighted by atomic mass is 127. The number of carbonyl (C=O) groups excluding carboxylic acids is 3. The van der Waals surface area contributed by atoms with Crippen molar-refractivity contribution in [1.29, 1.82) is 0 Å². The zero-order valence-corrected chi connectivity index (χ0v) is 24.1. The molecule has 0 aliphatic rings. The molecule has 0 spiro atoms. The molecule has 3 N–H and O–H groups in total. The average molecular weight is 648 g/mol. The molecule has 0 unspecified atom stereocenters. The summed E-state index contributed by atoms with van der Waals surface area (Å²) in [7, 11) is 0. The zero-order chi connectivity index (χ0) is 27.6. The molecule has 0 radical (unpaired) electrons. The summed E-state index contributed by atoms with van der Waals surface area (Å²) < 4.78 is 1.09. The first-order valence-electron chi connectivity index (χ1n) is 12.1. The molecule has 0 fully saturated rings. The number of benzene rings is 4. The van der Waals surface area contributed by atoms with Gasteiger partial charge >= 0.3 is 0 Å². The summed E-state index contributed by atoms with van der Waals surface area (Å²) in [6.07, 6.45) is 1.67. The van der Waals surface area contributed by atoms with Gasteiger partial charge in [-0.25, -0.2) is 0 Å². The van der Waals surface area contributed by atoms with Crippen LogP contribution in [0.25, 0.3) is 6.08 Å². The van der Waals surface area contributed by atoms with Gasteiger partial charge in [-0.3, -0.25) is 14.4 Å². The Kier molecular flexibility index (Phi) is 9.93. The van der Waals surface area contributed by atoms with Crippen LogP contribution in [0.5, 0.6) is 0 Å². The smallest absolute Gasteiger partial charge is 0.272 e. The second kappa shape index (κ2) is 13.8. The van der Waals surface area contributed by atoms with Gasteiger partial charge in [0.15, 0.2) is 0 Å². The Bertz CT molecular complexity index is 1510. The van der Waals surface area contributed by atoms with Gasteiger partial charge in [-0.1, -0.05) is 48.5 Å². The molecule has 8 heteroatoms. The van der Waals surface area contributed by atoms with E-state index in [1.54, 1.807) is 42.5 Å². The number of halogens is 1. The maximum atomic E-state index is 13.3. The van der Waals surface area contributed by atoms with E-state index in [1.165, 1.54) is 11.8 Å². The first-order chi connectivity index (χ1) is 18.9. The van der Waals surface area contributed by atoms with Crippen LogP contribution in [0.3, 0.4) is 0 Å². The van der Waals surface area contributed by atoms with Gasteiger partial charge in [0.1, 0.15) is 5.70 Å². The Morgan fingerprint density at radius 3 is 2.26 bits per heavy atom. The Hall–Kier alpha value is -3.89. The van der Waals surface area contributed by atoms with Crippen LogP contribution in [0.1, 0.15) is 21.5 Å². The van der Waals surface area contributed by atoms with Crippen molar-refractivity contribution < 1.29 is 14.4 Å². The van der Waals surface area contributed by atoms with E-state index in [2.05, 4.69) is 38.5 Å². The van der Waals surface area contributed by atoms with E-state index in [0.29, 0.717) is 11.3 Å². The van der Waals surface area contributed by atoms with Crippen molar-refractivity contribution in [2.24, 2.45) is 0 Å². The second-order valence-corrected chi connectivity index (χ2v) is 10.9. The number of carbonyl (C=O) groups is 3. The van der Waals surface area contributed by atoms with Crippen LogP contribution in [0.4, 0.5) is 11.4 Å². The first-order valence-corrected chi connectivity index (χ1v) is 14.2. The van der Waals surface area contributed by atoms with Crippen LogP contribution in [-0.4, -0.2) is 23.5 Å². The van der Waals surface area contributed by atoms with E-state index in [-0.39, 0.29) is 23.3 Å². The molecule has 4 aromatic rings. The van der Waals surface area contributed by atoms with Crippen molar-refractivity contribution in [3.8, 4) is 0 Å². The molecule has 0 saturated heterocycles. The summed E-state index contributed by atoms with van der Waals surface area (Å²) in [6.45, 7) is 1.94. The maximum Gasteiger partial charge on any atom is 0.272 e. The van der Waals surface area contributed by atoms with Gasteiger partial charge in [-0.05, 0) is 101 Å². The Morgan fingerprint density at radius 1 is 0.795 bits per heavy atom. The van der Waals surface area contributed by atoms with Crippen molar-refractivity contribution in [3.05, 3.63) is 129 Å². The summed E-state index contributed by atoms with van der Waals surface area (Å²) in [5.74, 6) is -0.743. The van der Waals surface area contributed by atoms with Crippen molar-refractivity contribution in [1.82, 2.24) is 5.32 Å². The summed E-state index contributed by atoms with van der Waals surface area (Å²) in [5, 5.41) is 8.52. The number of nitrogens with one attached hydrogen (secondary N) is 3. The van der Waals surface area contributed by atoms with Crippen molar-refractivity contribution in [3.63, 3.8) is 0 Å². The topological polar surface area (TPSA) is 87.3 Å². The first kappa shape index (κ1) is 28.1. The zero-order valence-electron chi connectivity index (χ0n) is 21.1. The van der Waals surface area contributed by atoms with E-state index in [9.17, 15) is 14.4 Å². The molecule has 0 atom stereocenters. The molecule has 6 nitrogen and oxygen atoms in total. The molecular weight excluding hydrogens is 621 g/mol.